The second-order valence-corrected chi connectivity index (χ2v) is 14.3. The molecule has 0 saturated heterocycles. The van der Waals surface area contributed by atoms with Gasteiger partial charge in [-0.25, -0.2) is 0 Å². The molecule has 1 saturated carbocycles. The summed E-state index contributed by atoms with van der Waals surface area (Å²) in [6, 6.07) is 0. The Bertz CT molecular complexity index is 1000. The van der Waals surface area contributed by atoms with Crippen molar-refractivity contribution in [2.75, 3.05) is 0 Å². The van der Waals surface area contributed by atoms with Gasteiger partial charge >= 0.3 is 5.97 Å². The average molecular weight is 513 g/mol. The quantitative estimate of drug-likeness (QED) is 0.297. The molecule has 0 spiro atoms. The maximum Gasteiger partial charge on any atom is 0.303 e. The molecule has 0 radical (unpaired) electrons. The van der Waals surface area contributed by atoms with Crippen molar-refractivity contribution in [2.45, 2.75) is 119 Å². The zero-order valence-electron chi connectivity index (χ0n) is 24.9. The first kappa shape index (κ1) is 28.6. The molecule has 2 N–H and O–H groups in total. The fourth-order valence-electron chi connectivity index (χ4n) is 9.23. The average Bonchev–Trinajstić information content (AvgIpc) is 3.15. The summed E-state index contributed by atoms with van der Waals surface area (Å²) in [5.74, 6) is 1.38. The van der Waals surface area contributed by atoms with Gasteiger partial charge in [-0.2, -0.15) is 0 Å². The van der Waals surface area contributed by atoms with Crippen LogP contribution in [0, 0.1) is 45.8 Å². The highest BCUT2D eigenvalue weighted by Gasteiger charge is 2.64. The molecule has 1 fully saturated rings. The Balaban J connectivity index is 1.78. The standard InChI is InChI=1S/C33H52O4/c1-18(2)19(3)11-12-20(4)24-14-15-25-23-13-16-27-31(7,8)21(5)26(35)17-32(27,9)28(23)29(36)30(33(24,25)10)37-22(6)34/h15,18,20-21,24,26-27,29-30,35-36H,3,11-14,16-17H2,1-2,4-10H3/t20-,21+,24-,26-,27+,29-,30+,32+,33-/m1/s1. The van der Waals surface area contributed by atoms with E-state index in [1.54, 1.807) is 0 Å². The third-order valence-electron chi connectivity index (χ3n) is 11.8. The predicted octanol–water partition coefficient (Wildman–Crippen LogP) is 7.01. The second-order valence-electron chi connectivity index (χ2n) is 14.3. The topological polar surface area (TPSA) is 66.8 Å². The van der Waals surface area contributed by atoms with Gasteiger partial charge in [0.2, 0.25) is 0 Å². The molecule has 0 bridgehead atoms. The lowest BCUT2D eigenvalue weighted by Gasteiger charge is -2.62. The van der Waals surface area contributed by atoms with Crippen molar-refractivity contribution in [2.24, 2.45) is 45.8 Å². The van der Waals surface area contributed by atoms with Gasteiger partial charge in [-0.1, -0.05) is 73.6 Å². The zero-order valence-corrected chi connectivity index (χ0v) is 24.9. The van der Waals surface area contributed by atoms with Crippen molar-refractivity contribution in [1.29, 1.82) is 0 Å². The number of allylic oxidation sites excluding steroid dienone is 3. The summed E-state index contributed by atoms with van der Waals surface area (Å²) in [6.07, 6.45) is 6.13. The van der Waals surface area contributed by atoms with Gasteiger partial charge in [0.15, 0.2) is 0 Å². The van der Waals surface area contributed by atoms with E-state index in [0.717, 1.165) is 37.7 Å². The molecule has 4 aliphatic rings. The molecule has 0 aliphatic heterocycles. The Morgan fingerprint density at radius 1 is 1.19 bits per heavy atom. The molecule has 9 atom stereocenters. The van der Waals surface area contributed by atoms with Crippen LogP contribution in [0.25, 0.3) is 0 Å². The van der Waals surface area contributed by atoms with Crippen LogP contribution in [0.1, 0.15) is 101 Å². The molecular formula is C33H52O4. The molecule has 4 heteroatoms. The Morgan fingerprint density at radius 2 is 1.84 bits per heavy atom. The third kappa shape index (κ3) is 4.29. The first-order chi connectivity index (χ1) is 17.1. The van der Waals surface area contributed by atoms with Gasteiger partial charge in [-0.3, -0.25) is 4.79 Å². The summed E-state index contributed by atoms with van der Waals surface area (Å²) in [5.41, 5.74) is 4.10. The van der Waals surface area contributed by atoms with Gasteiger partial charge in [-0.05, 0) is 95.7 Å². The molecule has 0 amide bonds. The molecule has 0 unspecified atom stereocenters. The Labute approximate surface area is 225 Å². The number of hydrogen-bond acceptors (Lipinski definition) is 4. The van der Waals surface area contributed by atoms with Crippen LogP contribution in [0.2, 0.25) is 0 Å². The maximum atomic E-state index is 12.5. The lowest BCUT2D eigenvalue weighted by atomic mass is 9.43. The first-order valence-electron chi connectivity index (χ1n) is 14.7. The van der Waals surface area contributed by atoms with Crippen LogP contribution in [0.4, 0.5) is 0 Å². The molecule has 0 aromatic rings. The number of rotatable bonds is 6. The molecule has 37 heavy (non-hydrogen) atoms. The maximum absolute atomic E-state index is 12.5. The number of ether oxygens (including phenoxy) is 1. The summed E-state index contributed by atoms with van der Waals surface area (Å²) >= 11 is 0. The van der Waals surface area contributed by atoms with E-state index < -0.39 is 23.7 Å². The highest BCUT2D eigenvalue weighted by molar-refractivity contribution is 5.67. The molecule has 0 aromatic heterocycles. The minimum atomic E-state index is -0.858. The van der Waals surface area contributed by atoms with Gasteiger partial charge in [0, 0.05) is 12.3 Å². The summed E-state index contributed by atoms with van der Waals surface area (Å²) < 4.78 is 6.09. The van der Waals surface area contributed by atoms with Gasteiger partial charge in [0.05, 0.1) is 6.10 Å². The Morgan fingerprint density at radius 3 is 2.43 bits per heavy atom. The van der Waals surface area contributed by atoms with Crippen LogP contribution in [0.3, 0.4) is 0 Å². The summed E-state index contributed by atoms with van der Waals surface area (Å²) in [4.78, 5) is 12.5. The van der Waals surface area contributed by atoms with Crippen molar-refractivity contribution in [1.82, 2.24) is 0 Å². The first-order valence-corrected chi connectivity index (χ1v) is 14.7. The van der Waals surface area contributed by atoms with Crippen molar-refractivity contribution in [3.8, 4) is 0 Å². The Kier molecular flexibility index (Phi) is 7.47. The molecule has 4 rings (SSSR count). The zero-order chi connectivity index (χ0) is 27.7. The van der Waals surface area contributed by atoms with Crippen LogP contribution in [-0.4, -0.2) is 34.5 Å². The van der Waals surface area contributed by atoms with E-state index in [1.165, 1.54) is 23.6 Å². The van der Waals surface area contributed by atoms with Crippen molar-refractivity contribution < 1.29 is 19.7 Å². The minimum absolute atomic E-state index is 0.0533. The van der Waals surface area contributed by atoms with E-state index in [0.29, 0.717) is 24.2 Å². The minimum Gasteiger partial charge on any atom is -0.458 e. The number of fused-ring (bicyclic) bond motifs is 4. The number of carbonyl (C=O) groups excluding carboxylic acids is 1. The molecule has 4 aliphatic carbocycles. The van der Waals surface area contributed by atoms with E-state index in [4.69, 9.17) is 4.74 Å². The fourth-order valence-corrected chi connectivity index (χ4v) is 9.23. The van der Waals surface area contributed by atoms with E-state index in [2.05, 4.69) is 68.0 Å². The van der Waals surface area contributed by atoms with Crippen LogP contribution in [-0.2, 0) is 9.53 Å². The predicted molar refractivity (Wildman–Crippen MR) is 150 cm³/mol. The van der Waals surface area contributed by atoms with Crippen LogP contribution < -0.4 is 0 Å². The largest absolute Gasteiger partial charge is 0.458 e. The monoisotopic (exact) mass is 512 g/mol. The summed E-state index contributed by atoms with van der Waals surface area (Å²) in [6.45, 7) is 23.7. The number of aliphatic hydroxyl groups is 2. The van der Waals surface area contributed by atoms with Crippen LogP contribution in [0.15, 0.2) is 34.9 Å². The number of hydrogen-bond donors (Lipinski definition) is 2. The van der Waals surface area contributed by atoms with Gasteiger partial charge in [0.1, 0.15) is 12.2 Å². The molecule has 0 heterocycles. The van der Waals surface area contributed by atoms with Gasteiger partial charge in [0.25, 0.3) is 0 Å². The SMILES string of the molecule is C=C(CC[C@@H](C)[C@H]1CC=C2C3=C([C@@H](O)[C@H](OC(C)=O)[C@@]21C)[C@@]1(C)C[C@@H](O)[C@H](C)C(C)(C)[C@@H]1CC3)C(C)C. The van der Waals surface area contributed by atoms with Gasteiger partial charge < -0.3 is 14.9 Å². The smallest absolute Gasteiger partial charge is 0.303 e. The number of carbonyl (C=O) groups is 1. The highest BCUT2D eigenvalue weighted by atomic mass is 16.6. The number of esters is 1. The fraction of sp³-hybridized carbons (Fsp3) is 0.788. The normalized spacial score (nSPS) is 41.5. The van der Waals surface area contributed by atoms with E-state index in [-0.39, 0.29) is 28.6 Å². The summed E-state index contributed by atoms with van der Waals surface area (Å²) in [5, 5.41) is 23.4. The van der Waals surface area contributed by atoms with E-state index in [1.807, 2.05) is 0 Å². The summed E-state index contributed by atoms with van der Waals surface area (Å²) in [7, 11) is 0. The molecular weight excluding hydrogens is 460 g/mol. The molecule has 208 valence electrons. The Hall–Kier alpha value is -1.39. The van der Waals surface area contributed by atoms with Crippen molar-refractivity contribution in [3.05, 3.63) is 34.9 Å². The molecule has 4 nitrogen and oxygen atoms in total. The highest BCUT2D eigenvalue weighted by Crippen LogP contribution is 2.68. The van der Waals surface area contributed by atoms with E-state index >= 15 is 0 Å². The van der Waals surface area contributed by atoms with Crippen LogP contribution in [0.5, 0.6) is 0 Å². The lowest BCUT2D eigenvalue weighted by Crippen LogP contribution is -2.61. The van der Waals surface area contributed by atoms with Crippen molar-refractivity contribution in [3.63, 3.8) is 0 Å². The second kappa shape index (κ2) is 9.66. The third-order valence-corrected chi connectivity index (χ3v) is 11.8. The molecule has 0 aromatic carbocycles. The van der Waals surface area contributed by atoms with Crippen LogP contribution >= 0.6 is 0 Å². The van der Waals surface area contributed by atoms with Crippen molar-refractivity contribution >= 4 is 5.97 Å². The van der Waals surface area contributed by atoms with E-state index in [9.17, 15) is 15.0 Å². The lowest BCUT2D eigenvalue weighted by molar-refractivity contribution is -0.169. The van der Waals surface area contributed by atoms with Gasteiger partial charge in [-0.15, -0.1) is 0 Å². The number of aliphatic hydroxyl groups excluding tert-OH is 2.